The van der Waals surface area contributed by atoms with Crippen LogP contribution in [0.15, 0.2) is 89.4 Å². The molecule has 0 atom stereocenters. The number of hydrogen-bond acceptors (Lipinski definition) is 9. The normalized spacial score (nSPS) is 10.8. The van der Waals surface area contributed by atoms with Crippen molar-refractivity contribution in [2.75, 3.05) is 10.6 Å². The number of nitrogens with one attached hydrogen (secondary N) is 2. The van der Waals surface area contributed by atoms with E-state index in [1.807, 2.05) is 43.3 Å². The zero-order valence-corrected chi connectivity index (χ0v) is 17.0. The molecule has 0 unspecified atom stereocenters. The van der Waals surface area contributed by atoms with E-state index in [2.05, 4.69) is 35.8 Å². The second-order valence-corrected chi connectivity index (χ2v) is 6.67. The number of azo groups is 1. The van der Waals surface area contributed by atoms with Crippen LogP contribution in [0.25, 0.3) is 0 Å². The summed E-state index contributed by atoms with van der Waals surface area (Å²) in [6.45, 7) is 1.83. The van der Waals surface area contributed by atoms with Crippen LogP contribution in [0.1, 0.15) is 5.69 Å². The van der Waals surface area contributed by atoms with Crippen LogP contribution >= 0.6 is 0 Å². The molecule has 0 fully saturated rings. The average Bonchev–Trinajstić information content (AvgIpc) is 2.79. The van der Waals surface area contributed by atoms with Crippen LogP contribution in [0.3, 0.4) is 0 Å². The van der Waals surface area contributed by atoms with Gasteiger partial charge in [0.05, 0.1) is 16.3 Å². The van der Waals surface area contributed by atoms with Crippen molar-refractivity contribution in [1.29, 1.82) is 0 Å². The molecule has 0 radical (unpaired) electrons. The lowest BCUT2D eigenvalue weighted by molar-refractivity contribution is -0.383. The molecule has 0 amide bonds. The fraction of sp³-hybridized carbons (Fsp3) is 0.0455. The van der Waals surface area contributed by atoms with Crippen LogP contribution < -0.4 is 10.6 Å². The molecule has 10 heteroatoms. The van der Waals surface area contributed by atoms with Gasteiger partial charge in [-0.25, -0.2) is 15.0 Å². The van der Waals surface area contributed by atoms with E-state index in [-0.39, 0.29) is 17.3 Å². The molecule has 4 rings (SSSR count). The van der Waals surface area contributed by atoms with E-state index >= 15 is 0 Å². The van der Waals surface area contributed by atoms with Gasteiger partial charge in [-0.15, -0.1) is 0 Å². The van der Waals surface area contributed by atoms with Gasteiger partial charge in [0.1, 0.15) is 12.1 Å². The van der Waals surface area contributed by atoms with Gasteiger partial charge < -0.3 is 10.6 Å². The Balaban J connectivity index is 1.55. The second-order valence-electron chi connectivity index (χ2n) is 6.67. The van der Waals surface area contributed by atoms with Gasteiger partial charge in [0.2, 0.25) is 11.6 Å². The van der Waals surface area contributed by atoms with E-state index in [1.165, 1.54) is 6.33 Å². The van der Waals surface area contributed by atoms with Gasteiger partial charge in [-0.1, -0.05) is 24.3 Å². The Bertz CT molecular complexity index is 1260. The van der Waals surface area contributed by atoms with E-state index in [0.717, 1.165) is 11.4 Å². The standard InChI is InChI=1S/C22H18N8O2/c1-15-6-5-9-19(25-15)27-22-20(30(31)32)21(23-14-24-22)26-16-10-12-18(13-11-16)29-28-17-7-3-2-4-8-17/h2-14H,1H3,(H2,23,24,25,26,27). The number of hydrogen-bond donors (Lipinski definition) is 2. The van der Waals surface area contributed by atoms with Crippen molar-refractivity contribution in [2.45, 2.75) is 6.92 Å². The zero-order chi connectivity index (χ0) is 22.3. The summed E-state index contributed by atoms with van der Waals surface area (Å²) in [5.74, 6) is 0.545. The van der Waals surface area contributed by atoms with E-state index in [4.69, 9.17) is 0 Å². The minimum atomic E-state index is -0.539. The lowest BCUT2D eigenvalue weighted by atomic mass is 10.3. The molecule has 0 spiro atoms. The number of anilines is 4. The quantitative estimate of drug-likeness (QED) is 0.211. The summed E-state index contributed by atoms with van der Waals surface area (Å²) in [6.07, 6.45) is 1.25. The Hall–Kier alpha value is -4.73. The smallest absolute Gasteiger partial charge is 0.334 e. The molecule has 2 N–H and O–H groups in total. The van der Waals surface area contributed by atoms with Crippen molar-refractivity contribution in [2.24, 2.45) is 10.2 Å². The highest BCUT2D eigenvalue weighted by Gasteiger charge is 2.23. The molecule has 32 heavy (non-hydrogen) atoms. The Morgan fingerprint density at radius 1 is 0.812 bits per heavy atom. The summed E-state index contributed by atoms with van der Waals surface area (Å²) in [5, 5.41) is 26.0. The first kappa shape index (κ1) is 20.5. The number of benzene rings is 2. The summed E-state index contributed by atoms with van der Waals surface area (Å²) < 4.78 is 0. The van der Waals surface area contributed by atoms with Crippen LogP contribution in [0.5, 0.6) is 0 Å². The maximum absolute atomic E-state index is 11.8. The van der Waals surface area contributed by atoms with Gasteiger partial charge >= 0.3 is 5.69 Å². The molecular formula is C22H18N8O2. The van der Waals surface area contributed by atoms with Crippen LogP contribution in [0, 0.1) is 17.0 Å². The summed E-state index contributed by atoms with van der Waals surface area (Å²) in [5.41, 5.74) is 2.47. The third-order valence-corrected chi connectivity index (χ3v) is 4.31. The number of nitrogens with zero attached hydrogens (tertiary/aromatic N) is 6. The van der Waals surface area contributed by atoms with Gasteiger partial charge in [0.15, 0.2) is 0 Å². The summed E-state index contributed by atoms with van der Waals surface area (Å²) in [4.78, 5) is 23.6. The molecule has 0 saturated heterocycles. The number of nitro groups is 1. The highest BCUT2D eigenvalue weighted by Crippen LogP contribution is 2.33. The van der Waals surface area contributed by atoms with Crippen LogP contribution in [-0.2, 0) is 0 Å². The van der Waals surface area contributed by atoms with Gasteiger partial charge in [-0.05, 0) is 55.5 Å². The highest BCUT2D eigenvalue weighted by atomic mass is 16.6. The van der Waals surface area contributed by atoms with Crippen molar-refractivity contribution in [3.8, 4) is 0 Å². The number of aryl methyl sites for hydroxylation is 1. The predicted molar refractivity (Wildman–Crippen MR) is 121 cm³/mol. The summed E-state index contributed by atoms with van der Waals surface area (Å²) in [6, 6.07) is 21.7. The van der Waals surface area contributed by atoms with Crippen molar-refractivity contribution < 1.29 is 4.92 Å². The molecule has 2 aromatic carbocycles. The molecule has 2 aromatic heterocycles. The lowest BCUT2D eigenvalue weighted by Gasteiger charge is -2.10. The first-order valence-electron chi connectivity index (χ1n) is 9.62. The van der Waals surface area contributed by atoms with E-state index in [1.54, 1.807) is 36.4 Å². The van der Waals surface area contributed by atoms with Crippen LogP contribution in [0.4, 0.5) is 40.2 Å². The molecular weight excluding hydrogens is 408 g/mol. The average molecular weight is 426 g/mol. The summed E-state index contributed by atoms with van der Waals surface area (Å²) in [7, 11) is 0. The Morgan fingerprint density at radius 2 is 1.47 bits per heavy atom. The topological polar surface area (TPSA) is 131 Å². The Kier molecular flexibility index (Phi) is 6.03. The molecule has 0 aliphatic carbocycles. The SMILES string of the molecule is Cc1cccc(Nc2ncnc(Nc3ccc(N=Nc4ccccc4)cc3)c2[N+](=O)[O-])n1. The van der Waals surface area contributed by atoms with Gasteiger partial charge in [0, 0.05) is 11.4 Å². The zero-order valence-electron chi connectivity index (χ0n) is 17.0. The van der Waals surface area contributed by atoms with Crippen molar-refractivity contribution in [3.63, 3.8) is 0 Å². The van der Waals surface area contributed by atoms with Crippen LogP contribution in [0.2, 0.25) is 0 Å². The number of aromatic nitrogens is 3. The molecule has 158 valence electrons. The number of pyridine rings is 1. The molecule has 0 bridgehead atoms. The van der Waals surface area contributed by atoms with Crippen molar-refractivity contribution in [3.05, 3.63) is 94.9 Å². The monoisotopic (exact) mass is 426 g/mol. The molecule has 4 aromatic rings. The Labute approximate surface area is 183 Å². The fourth-order valence-electron chi connectivity index (χ4n) is 2.83. The third kappa shape index (κ3) is 5.05. The first-order valence-corrected chi connectivity index (χ1v) is 9.62. The minimum absolute atomic E-state index is 0.0406. The van der Waals surface area contributed by atoms with Gasteiger partial charge in [-0.3, -0.25) is 10.1 Å². The maximum atomic E-state index is 11.8. The minimum Gasteiger partial charge on any atom is -0.334 e. The van der Waals surface area contributed by atoms with Crippen molar-refractivity contribution in [1.82, 2.24) is 15.0 Å². The van der Waals surface area contributed by atoms with E-state index in [0.29, 0.717) is 17.2 Å². The van der Waals surface area contributed by atoms with E-state index in [9.17, 15) is 10.1 Å². The summed E-state index contributed by atoms with van der Waals surface area (Å²) >= 11 is 0. The van der Waals surface area contributed by atoms with Crippen LogP contribution in [-0.4, -0.2) is 19.9 Å². The Morgan fingerprint density at radius 3 is 2.12 bits per heavy atom. The first-order chi connectivity index (χ1) is 15.6. The lowest BCUT2D eigenvalue weighted by Crippen LogP contribution is -2.06. The predicted octanol–water partition coefficient (Wildman–Crippen LogP) is 5.99. The maximum Gasteiger partial charge on any atom is 0.353 e. The molecule has 2 heterocycles. The number of rotatable bonds is 7. The van der Waals surface area contributed by atoms with Gasteiger partial charge in [0.25, 0.3) is 0 Å². The molecule has 0 aliphatic rings. The molecule has 10 nitrogen and oxygen atoms in total. The molecule has 0 aliphatic heterocycles. The fourth-order valence-corrected chi connectivity index (χ4v) is 2.83. The second kappa shape index (κ2) is 9.39. The largest absolute Gasteiger partial charge is 0.353 e. The third-order valence-electron chi connectivity index (χ3n) is 4.31. The van der Waals surface area contributed by atoms with Gasteiger partial charge in [-0.2, -0.15) is 10.2 Å². The van der Waals surface area contributed by atoms with E-state index < -0.39 is 4.92 Å². The van der Waals surface area contributed by atoms with Crippen molar-refractivity contribution >= 4 is 40.2 Å². The molecule has 0 saturated carbocycles. The highest BCUT2D eigenvalue weighted by molar-refractivity contribution is 5.76.